The van der Waals surface area contributed by atoms with Gasteiger partial charge in [0, 0.05) is 21.2 Å². The number of ether oxygens (including phenoxy) is 4. The van der Waals surface area contributed by atoms with Crippen molar-refractivity contribution in [3.8, 4) is 17.2 Å². The fourth-order valence-electron chi connectivity index (χ4n) is 3.87. The highest BCUT2D eigenvalue weighted by Crippen LogP contribution is 2.40. The molecule has 166 valence electrons. The average molecular weight is 505 g/mol. The van der Waals surface area contributed by atoms with E-state index in [1.807, 2.05) is 67.6 Å². The first kappa shape index (κ1) is 21.5. The standard InChI is InChI=1S/C27H21BrO5/c1-17-23(31-11-5-8-18-6-3-2-4-7-18)10-9-22-25(29)24(33-26(17)22)14-19-12-21(28)13-20-15-30-16-32-27(19)20/h2-10,12-14H,11,15-16H2,1H3/b8-5+,24-14-. The van der Waals surface area contributed by atoms with Crippen LogP contribution in [0, 0.1) is 6.92 Å². The summed E-state index contributed by atoms with van der Waals surface area (Å²) in [6, 6.07) is 17.5. The van der Waals surface area contributed by atoms with E-state index in [4.69, 9.17) is 18.9 Å². The van der Waals surface area contributed by atoms with Gasteiger partial charge >= 0.3 is 0 Å². The Balaban J connectivity index is 1.36. The lowest BCUT2D eigenvalue weighted by molar-refractivity contribution is -0.0165. The fourth-order valence-corrected chi connectivity index (χ4v) is 4.39. The molecule has 0 saturated heterocycles. The van der Waals surface area contributed by atoms with E-state index in [1.165, 1.54) is 0 Å². The van der Waals surface area contributed by atoms with Crippen molar-refractivity contribution in [2.75, 3.05) is 13.4 Å². The van der Waals surface area contributed by atoms with Crippen molar-refractivity contribution in [2.24, 2.45) is 0 Å². The summed E-state index contributed by atoms with van der Waals surface area (Å²) in [6.07, 6.45) is 5.69. The Labute approximate surface area is 200 Å². The summed E-state index contributed by atoms with van der Waals surface area (Å²) in [5.41, 5.74) is 4.11. The number of rotatable bonds is 5. The van der Waals surface area contributed by atoms with E-state index in [0.29, 0.717) is 36.0 Å². The Morgan fingerprint density at radius 2 is 1.94 bits per heavy atom. The molecule has 2 aliphatic rings. The van der Waals surface area contributed by atoms with Gasteiger partial charge < -0.3 is 18.9 Å². The number of allylic oxidation sites excluding steroid dienone is 1. The lowest BCUT2D eigenvalue weighted by Crippen LogP contribution is -2.12. The molecule has 5 nitrogen and oxygen atoms in total. The van der Waals surface area contributed by atoms with Gasteiger partial charge in [-0.3, -0.25) is 4.79 Å². The SMILES string of the molecule is Cc1c(OC/C=C/c2ccccc2)ccc2c1O/C(=C\c1cc(Br)cc3c1OCOC3)C2=O. The maximum absolute atomic E-state index is 13.0. The van der Waals surface area contributed by atoms with Crippen LogP contribution in [0.4, 0.5) is 0 Å². The highest BCUT2D eigenvalue weighted by molar-refractivity contribution is 9.10. The molecule has 0 N–H and O–H groups in total. The summed E-state index contributed by atoms with van der Waals surface area (Å²) in [5.74, 6) is 2.01. The number of Topliss-reactive ketones (excluding diaryl/α,β-unsaturated/α-hetero) is 1. The molecule has 5 rings (SSSR count). The molecule has 2 heterocycles. The molecule has 0 atom stereocenters. The van der Waals surface area contributed by atoms with Gasteiger partial charge in [-0.2, -0.15) is 0 Å². The van der Waals surface area contributed by atoms with Gasteiger partial charge in [0.15, 0.2) is 12.6 Å². The Hall–Kier alpha value is -3.35. The van der Waals surface area contributed by atoms with Gasteiger partial charge in [0.2, 0.25) is 5.78 Å². The van der Waals surface area contributed by atoms with Crippen LogP contribution in [0.2, 0.25) is 0 Å². The molecule has 6 heteroatoms. The van der Waals surface area contributed by atoms with Crippen LogP contribution in [0.1, 0.15) is 32.6 Å². The lowest BCUT2D eigenvalue weighted by atomic mass is 10.0. The maximum atomic E-state index is 13.0. The van der Waals surface area contributed by atoms with Crippen LogP contribution in [-0.4, -0.2) is 19.2 Å². The highest BCUT2D eigenvalue weighted by atomic mass is 79.9. The smallest absolute Gasteiger partial charge is 0.231 e. The molecule has 2 aliphatic heterocycles. The van der Waals surface area contributed by atoms with Gasteiger partial charge in [0.1, 0.15) is 23.9 Å². The molecular weight excluding hydrogens is 484 g/mol. The minimum Gasteiger partial charge on any atom is -0.489 e. The van der Waals surface area contributed by atoms with Crippen molar-refractivity contribution >= 4 is 33.9 Å². The normalized spacial score (nSPS) is 15.8. The van der Waals surface area contributed by atoms with Crippen molar-refractivity contribution in [3.63, 3.8) is 0 Å². The van der Waals surface area contributed by atoms with E-state index in [1.54, 1.807) is 12.1 Å². The Kier molecular flexibility index (Phi) is 6.03. The van der Waals surface area contributed by atoms with Crippen molar-refractivity contribution in [2.45, 2.75) is 13.5 Å². The summed E-state index contributed by atoms with van der Waals surface area (Å²) >= 11 is 3.51. The summed E-state index contributed by atoms with van der Waals surface area (Å²) in [5, 5.41) is 0. The van der Waals surface area contributed by atoms with Crippen molar-refractivity contribution < 1.29 is 23.7 Å². The first-order valence-electron chi connectivity index (χ1n) is 10.6. The van der Waals surface area contributed by atoms with Gasteiger partial charge in [0.25, 0.3) is 0 Å². The van der Waals surface area contributed by atoms with E-state index in [9.17, 15) is 4.79 Å². The highest BCUT2D eigenvalue weighted by Gasteiger charge is 2.31. The molecule has 0 spiro atoms. The number of hydrogen-bond acceptors (Lipinski definition) is 5. The zero-order valence-corrected chi connectivity index (χ0v) is 19.6. The van der Waals surface area contributed by atoms with Crippen molar-refractivity contribution in [1.29, 1.82) is 0 Å². The minimum absolute atomic E-state index is 0.163. The predicted molar refractivity (Wildman–Crippen MR) is 130 cm³/mol. The Morgan fingerprint density at radius 3 is 2.79 bits per heavy atom. The second kappa shape index (κ2) is 9.25. The zero-order chi connectivity index (χ0) is 22.8. The second-order valence-electron chi connectivity index (χ2n) is 7.72. The topological polar surface area (TPSA) is 54.0 Å². The summed E-state index contributed by atoms with van der Waals surface area (Å²) in [4.78, 5) is 13.0. The molecule has 0 fully saturated rings. The molecular formula is C27H21BrO5. The Bertz CT molecular complexity index is 1280. The van der Waals surface area contributed by atoms with Gasteiger partial charge in [-0.05, 0) is 48.9 Å². The zero-order valence-electron chi connectivity index (χ0n) is 18.0. The summed E-state index contributed by atoms with van der Waals surface area (Å²) in [7, 11) is 0. The number of hydrogen-bond donors (Lipinski definition) is 0. The number of fused-ring (bicyclic) bond motifs is 2. The van der Waals surface area contributed by atoms with Gasteiger partial charge in [-0.25, -0.2) is 0 Å². The number of benzene rings is 3. The van der Waals surface area contributed by atoms with Crippen molar-refractivity contribution in [1.82, 2.24) is 0 Å². The third-order valence-electron chi connectivity index (χ3n) is 5.47. The molecule has 3 aromatic carbocycles. The first-order valence-corrected chi connectivity index (χ1v) is 11.3. The molecule has 0 aromatic heterocycles. The van der Waals surface area contributed by atoms with Gasteiger partial charge in [-0.1, -0.05) is 52.3 Å². The monoisotopic (exact) mass is 504 g/mol. The number of halogens is 1. The van der Waals surface area contributed by atoms with Gasteiger partial charge in [0.05, 0.1) is 12.2 Å². The molecule has 0 bridgehead atoms. The van der Waals surface area contributed by atoms with E-state index in [2.05, 4.69) is 15.9 Å². The molecule has 0 amide bonds. The number of carbonyl (C=O) groups excluding carboxylic acids is 1. The van der Waals surface area contributed by atoms with Crippen LogP contribution in [0.15, 0.2) is 70.9 Å². The molecule has 33 heavy (non-hydrogen) atoms. The average Bonchev–Trinajstić information content (AvgIpc) is 3.14. The largest absolute Gasteiger partial charge is 0.489 e. The van der Waals surface area contributed by atoms with Crippen LogP contribution < -0.4 is 14.2 Å². The maximum Gasteiger partial charge on any atom is 0.231 e. The van der Waals surface area contributed by atoms with Crippen LogP contribution in [0.3, 0.4) is 0 Å². The summed E-state index contributed by atoms with van der Waals surface area (Å²) in [6.45, 7) is 2.94. The molecule has 0 aliphatic carbocycles. The van der Waals surface area contributed by atoms with Crippen molar-refractivity contribution in [3.05, 3.63) is 98.7 Å². The van der Waals surface area contributed by atoms with Crippen LogP contribution in [-0.2, 0) is 11.3 Å². The molecule has 0 unspecified atom stereocenters. The third-order valence-corrected chi connectivity index (χ3v) is 5.93. The van der Waals surface area contributed by atoms with E-state index in [0.717, 1.165) is 26.7 Å². The predicted octanol–water partition coefficient (Wildman–Crippen LogP) is 6.33. The number of carbonyl (C=O) groups is 1. The van der Waals surface area contributed by atoms with Crippen LogP contribution >= 0.6 is 15.9 Å². The number of ketones is 1. The molecule has 0 radical (unpaired) electrons. The molecule has 3 aromatic rings. The minimum atomic E-state index is -0.163. The lowest BCUT2D eigenvalue weighted by Gasteiger charge is -2.20. The summed E-state index contributed by atoms with van der Waals surface area (Å²) < 4.78 is 23.9. The molecule has 0 saturated carbocycles. The van der Waals surface area contributed by atoms with E-state index in [-0.39, 0.29) is 18.3 Å². The van der Waals surface area contributed by atoms with Crippen LogP contribution in [0.5, 0.6) is 17.2 Å². The van der Waals surface area contributed by atoms with E-state index >= 15 is 0 Å². The Morgan fingerprint density at radius 1 is 1.09 bits per heavy atom. The quantitative estimate of drug-likeness (QED) is 0.380. The third kappa shape index (κ3) is 4.45. The fraction of sp³-hybridized carbons (Fsp3) is 0.148. The first-order chi connectivity index (χ1) is 16.1. The van der Waals surface area contributed by atoms with Gasteiger partial charge in [-0.15, -0.1) is 0 Å². The van der Waals surface area contributed by atoms with E-state index < -0.39 is 0 Å². The van der Waals surface area contributed by atoms with Crippen LogP contribution in [0.25, 0.3) is 12.2 Å². The second-order valence-corrected chi connectivity index (χ2v) is 8.64.